The van der Waals surface area contributed by atoms with E-state index in [0.717, 1.165) is 29.7 Å². The molecular formula is C27H36N4O5. The van der Waals surface area contributed by atoms with Gasteiger partial charge in [0.05, 0.1) is 19.1 Å². The lowest BCUT2D eigenvalue weighted by molar-refractivity contribution is -0.143. The predicted molar refractivity (Wildman–Crippen MR) is 136 cm³/mol. The van der Waals surface area contributed by atoms with Gasteiger partial charge >= 0.3 is 5.97 Å². The van der Waals surface area contributed by atoms with Crippen LogP contribution in [0.1, 0.15) is 36.8 Å². The first-order valence-corrected chi connectivity index (χ1v) is 12.8. The molecule has 9 heteroatoms. The van der Waals surface area contributed by atoms with Crippen molar-refractivity contribution in [3.63, 3.8) is 0 Å². The van der Waals surface area contributed by atoms with Gasteiger partial charge in [-0.05, 0) is 36.1 Å². The van der Waals surface area contributed by atoms with Gasteiger partial charge in [0.1, 0.15) is 5.75 Å². The lowest BCUT2D eigenvalue weighted by Gasteiger charge is -2.29. The molecule has 0 spiro atoms. The highest BCUT2D eigenvalue weighted by Gasteiger charge is 2.47. The van der Waals surface area contributed by atoms with Gasteiger partial charge in [0.15, 0.2) is 0 Å². The Bertz CT molecular complexity index is 1130. The molecule has 3 N–H and O–H groups in total. The van der Waals surface area contributed by atoms with E-state index in [-0.39, 0.29) is 23.9 Å². The molecule has 1 aromatic carbocycles. The van der Waals surface area contributed by atoms with E-state index in [4.69, 9.17) is 10.5 Å². The third kappa shape index (κ3) is 5.63. The van der Waals surface area contributed by atoms with Crippen molar-refractivity contribution in [3.05, 3.63) is 64.1 Å². The summed E-state index contributed by atoms with van der Waals surface area (Å²) in [5.74, 6) is -1.05. The molecule has 2 aliphatic heterocycles. The number of hydrogen-bond acceptors (Lipinski definition) is 6. The van der Waals surface area contributed by atoms with Crippen molar-refractivity contribution in [3.8, 4) is 5.75 Å². The highest BCUT2D eigenvalue weighted by atomic mass is 16.5. The minimum absolute atomic E-state index is 0.0451. The maximum absolute atomic E-state index is 13.2. The number of nitrogens with zero attached hydrogens (tertiary/aromatic N) is 3. The Morgan fingerprint density at radius 1 is 1.22 bits per heavy atom. The first kappa shape index (κ1) is 25.9. The number of rotatable bonds is 11. The monoisotopic (exact) mass is 496 g/mol. The van der Waals surface area contributed by atoms with E-state index in [1.54, 1.807) is 27.8 Å². The summed E-state index contributed by atoms with van der Waals surface area (Å²) in [6, 6.07) is 10.5. The zero-order chi connectivity index (χ0) is 25.7. The summed E-state index contributed by atoms with van der Waals surface area (Å²) in [5.41, 5.74) is 7.66. The third-order valence-corrected chi connectivity index (χ3v) is 7.32. The van der Waals surface area contributed by atoms with Crippen LogP contribution in [0.15, 0.2) is 47.4 Å². The zero-order valence-electron chi connectivity index (χ0n) is 20.8. The fourth-order valence-corrected chi connectivity index (χ4v) is 5.60. The van der Waals surface area contributed by atoms with Gasteiger partial charge in [-0.15, -0.1) is 0 Å². The molecule has 3 heterocycles. The van der Waals surface area contributed by atoms with E-state index in [9.17, 15) is 19.5 Å². The number of amides is 1. The van der Waals surface area contributed by atoms with Gasteiger partial charge in [0, 0.05) is 63.4 Å². The molecule has 0 bridgehead atoms. The van der Waals surface area contributed by atoms with Gasteiger partial charge in [0.25, 0.3) is 0 Å². The van der Waals surface area contributed by atoms with Crippen molar-refractivity contribution in [1.82, 2.24) is 14.4 Å². The standard InChI is InChI=1S/C27H36N4O5/c1-2-11-29(14-10-28)25(33)18-31-17-21(19-6-7-23-20(16-19)9-15-36-23)26(27(34)35)22(31)8-13-30-12-4-3-5-24(30)32/h3-7,12,16,21-22,26H,2,8-11,13-15,17-18,28H2,1H3,(H,34,35)/t21-,22+,26-/m1/s1. The molecule has 0 unspecified atom stereocenters. The minimum Gasteiger partial charge on any atom is -0.493 e. The Morgan fingerprint density at radius 3 is 2.78 bits per heavy atom. The summed E-state index contributed by atoms with van der Waals surface area (Å²) in [7, 11) is 0. The number of aryl methyl sites for hydroxylation is 1. The van der Waals surface area contributed by atoms with E-state index in [2.05, 4.69) is 6.07 Å². The Kier molecular flexibility index (Phi) is 8.43. The van der Waals surface area contributed by atoms with Crippen LogP contribution in [0.5, 0.6) is 5.75 Å². The summed E-state index contributed by atoms with van der Waals surface area (Å²) < 4.78 is 7.23. The Hall–Kier alpha value is -3.17. The molecule has 1 saturated heterocycles. The van der Waals surface area contributed by atoms with Crippen LogP contribution in [-0.4, -0.2) is 76.7 Å². The Morgan fingerprint density at radius 2 is 2.06 bits per heavy atom. The van der Waals surface area contributed by atoms with Gasteiger partial charge in [-0.1, -0.05) is 25.1 Å². The molecule has 0 saturated carbocycles. The number of nitrogens with two attached hydrogens (primary N) is 1. The van der Waals surface area contributed by atoms with Crippen LogP contribution >= 0.6 is 0 Å². The first-order chi connectivity index (χ1) is 17.4. The van der Waals surface area contributed by atoms with Crippen molar-refractivity contribution in [2.45, 2.75) is 44.7 Å². The van der Waals surface area contributed by atoms with Gasteiger partial charge in [0.2, 0.25) is 11.5 Å². The van der Waals surface area contributed by atoms with Crippen LogP contribution < -0.4 is 16.0 Å². The number of pyridine rings is 1. The summed E-state index contributed by atoms with van der Waals surface area (Å²) >= 11 is 0. The molecule has 4 rings (SSSR count). The molecule has 1 fully saturated rings. The molecule has 2 aliphatic rings. The fourth-order valence-electron chi connectivity index (χ4n) is 5.60. The lowest BCUT2D eigenvalue weighted by Crippen LogP contribution is -2.46. The number of ether oxygens (including phenoxy) is 1. The van der Waals surface area contributed by atoms with E-state index < -0.39 is 17.9 Å². The van der Waals surface area contributed by atoms with Crippen LogP contribution in [0.4, 0.5) is 0 Å². The van der Waals surface area contributed by atoms with Crippen molar-refractivity contribution in [2.75, 3.05) is 39.3 Å². The second kappa shape index (κ2) is 11.7. The minimum atomic E-state index is -0.885. The molecule has 9 nitrogen and oxygen atoms in total. The zero-order valence-corrected chi connectivity index (χ0v) is 20.8. The number of hydrogen-bond donors (Lipinski definition) is 2. The number of carbonyl (C=O) groups excluding carboxylic acids is 1. The average molecular weight is 497 g/mol. The van der Waals surface area contributed by atoms with Gasteiger partial charge in [-0.3, -0.25) is 19.3 Å². The normalized spacial score (nSPS) is 21.2. The number of benzene rings is 1. The van der Waals surface area contributed by atoms with Gasteiger partial charge in [-0.25, -0.2) is 0 Å². The van der Waals surface area contributed by atoms with E-state index >= 15 is 0 Å². The summed E-state index contributed by atoms with van der Waals surface area (Å²) in [6.45, 7) is 5.08. The summed E-state index contributed by atoms with van der Waals surface area (Å²) in [6.07, 6.45) is 3.79. The third-order valence-electron chi connectivity index (χ3n) is 7.32. The Labute approximate surface area is 211 Å². The number of carbonyl (C=O) groups is 2. The number of likely N-dealkylation sites (tertiary alicyclic amines) is 1. The molecule has 194 valence electrons. The highest BCUT2D eigenvalue weighted by Crippen LogP contribution is 2.41. The molecule has 36 heavy (non-hydrogen) atoms. The van der Waals surface area contributed by atoms with Crippen LogP contribution in [0.25, 0.3) is 0 Å². The number of fused-ring (bicyclic) bond motifs is 1. The van der Waals surface area contributed by atoms with E-state index in [1.807, 2.05) is 24.0 Å². The smallest absolute Gasteiger partial charge is 0.308 e. The van der Waals surface area contributed by atoms with Crippen LogP contribution in [0.3, 0.4) is 0 Å². The second-order valence-electron chi connectivity index (χ2n) is 9.62. The molecule has 3 atom stereocenters. The van der Waals surface area contributed by atoms with Crippen LogP contribution in [0.2, 0.25) is 0 Å². The highest BCUT2D eigenvalue weighted by molar-refractivity contribution is 5.79. The lowest BCUT2D eigenvalue weighted by atomic mass is 9.83. The first-order valence-electron chi connectivity index (χ1n) is 12.8. The molecular weight excluding hydrogens is 460 g/mol. The second-order valence-corrected chi connectivity index (χ2v) is 9.62. The molecule has 0 radical (unpaired) electrons. The topological polar surface area (TPSA) is 118 Å². The number of carboxylic acids is 1. The van der Waals surface area contributed by atoms with Gasteiger partial charge < -0.3 is 25.0 Å². The molecule has 1 aromatic heterocycles. The largest absolute Gasteiger partial charge is 0.493 e. The molecule has 0 aliphatic carbocycles. The molecule has 2 aromatic rings. The number of carboxylic acid groups (broad SMARTS) is 1. The van der Waals surface area contributed by atoms with Crippen molar-refractivity contribution in [1.29, 1.82) is 0 Å². The van der Waals surface area contributed by atoms with Crippen LogP contribution in [-0.2, 0) is 22.6 Å². The summed E-state index contributed by atoms with van der Waals surface area (Å²) in [4.78, 5) is 41.9. The van der Waals surface area contributed by atoms with E-state index in [0.29, 0.717) is 45.8 Å². The maximum atomic E-state index is 13.2. The summed E-state index contributed by atoms with van der Waals surface area (Å²) in [5, 5.41) is 10.4. The maximum Gasteiger partial charge on any atom is 0.308 e. The number of aromatic nitrogens is 1. The fraction of sp³-hybridized carbons (Fsp3) is 0.519. The SMILES string of the molecule is CCCN(CCN)C(=O)CN1C[C@H](c2ccc3c(c2)CCO3)[C@@H](C(=O)O)[C@@H]1CCn1ccccc1=O. The molecule has 1 amide bonds. The van der Waals surface area contributed by atoms with Crippen molar-refractivity contribution < 1.29 is 19.4 Å². The van der Waals surface area contributed by atoms with Crippen molar-refractivity contribution >= 4 is 11.9 Å². The Balaban J connectivity index is 1.62. The average Bonchev–Trinajstić information content (AvgIpc) is 3.47. The van der Waals surface area contributed by atoms with Crippen molar-refractivity contribution in [2.24, 2.45) is 11.7 Å². The van der Waals surface area contributed by atoms with Gasteiger partial charge in [-0.2, -0.15) is 0 Å². The number of aliphatic carboxylic acids is 1. The van der Waals surface area contributed by atoms with E-state index in [1.165, 1.54) is 6.07 Å². The quantitative estimate of drug-likeness (QED) is 0.484. The van der Waals surface area contributed by atoms with Crippen LogP contribution in [0, 0.1) is 5.92 Å². The predicted octanol–water partition coefficient (Wildman–Crippen LogP) is 1.54.